The van der Waals surface area contributed by atoms with Crippen molar-refractivity contribution in [2.75, 3.05) is 5.32 Å². The van der Waals surface area contributed by atoms with Crippen LogP contribution in [0.4, 0.5) is 5.69 Å². The zero-order chi connectivity index (χ0) is 15.4. The SMILES string of the molecule is Cc1cccc(NC(=O)C(=O)NCc2cc(C)oc2C)c1. The average molecular weight is 286 g/mol. The first kappa shape index (κ1) is 14.8. The number of rotatable bonds is 3. The Morgan fingerprint density at radius 2 is 1.86 bits per heavy atom. The molecule has 1 aromatic heterocycles. The number of aryl methyl sites for hydroxylation is 3. The molecule has 0 bridgehead atoms. The summed E-state index contributed by atoms with van der Waals surface area (Å²) in [6.45, 7) is 5.84. The second-order valence-electron chi connectivity index (χ2n) is 4.94. The van der Waals surface area contributed by atoms with Crippen molar-refractivity contribution in [3.05, 3.63) is 53.0 Å². The number of anilines is 1. The van der Waals surface area contributed by atoms with Gasteiger partial charge in [-0.15, -0.1) is 0 Å². The van der Waals surface area contributed by atoms with Crippen LogP contribution in [0.15, 0.2) is 34.7 Å². The minimum atomic E-state index is -0.682. The third-order valence-corrected chi connectivity index (χ3v) is 3.07. The molecule has 0 fully saturated rings. The monoisotopic (exact) mass is 286 g/mol. The average Bonchev–Trinajstić information content (AvgIpc) is 2.74. The zero-order valence-electron chi connectivity index (χ0n) is 12.3. The molecule has 1 aromatic carbocycles. The van der Waals surface area contributed by atoms with Crippen molar-refractivity contribution < 1.29 is 14.0 Å². The Balaban J connectivity index is 1.91. The molecule has 0 saturated carbocycles. The molecule has 2 N–H and O–H groups in total. The van der Waals surface area contributed by atoms with Gasteiger partial charge in [0, 0.05) is 17.8 Å². The van der Waals surface area contributed by atoms with Crippen LogP contribution < -0.4 is 10.6 Å². The molecule has 1 heterocycles. The first-order valence-electron chi connectivity index (χ1n) is 6.67. The predicted molar refractivity (Wildman–Crippen MR) is 79.8 cm³/mol. The lowest BCUT2D eigenvalue weighted by atomic mass is 10.2. The fourth-order valence-electron chi connectivity index (χ4n) is 2.03. The number of hydrogen-bond acceptors (Lipinski definition) is 3. The summed E-state index contributed by atoms with van der Waals surface area (Å²) in [5, 5.41) is 5.14. The Morgan fingerprint density at radius 3 is 2.48 bits per heavy atom. The van der Waals surface area contributed by atoms with E-state index in [1.165, 1.54) is 0 Å². The Labute approximate surface area is 123 Å². The molecule has 5 nitrogen and oxygen atoms in total. The van der Waals surface area contributed by atoms with Crippen LogP contribution in [0.5, 0.6) is 0 Å². The molecule has 21 heavy (non-hydrogen) atoms. The summed E-state index contributed by atoms with van der Waals surface area (Å²) < 4.78 is 5.36. The van der Waals surface area contributed by atoms with Gasteiger partial charge in [0.15, 0.2) is 0 Å². The molecule has 2 rings (SSSR count). The summed E-state index contributed by atoms with van der Waals surface area (Å²) >= 11 is 0. The smallest absolute Gasteiger partial charge is 0.313 e. The van der Waals surface area contributed by atoms with Crippen molar-refractivity contribution in [1.82, 2.24) is 5.32 Å². The maximum atomic E-state index is 11.8. The van der Waals surface area contributed by atoms with Gasteiger partial charge >= 0.3 is 11.8 Å². The van der Waals surface area contributed by atoms with Crippen LogP contribution in [0, 0.1) is 20.8 Å². The topological polar surface area (TPSA) is 71.3 Å². The summed E-state index contributed by atoms with van der Waals surface area (Å²) in [5.74, 6) is 0.168. The standard InChI is InChI=1S/C16H18N2O3/c1-10-5-4-6-14(7-10)18-16(20)15(19)17-9-13-8-11(2)21-12(13)3/h4-8H,9H2,1-3H3,(H,17,19)(H,18,20). The van der Waals surface area contributed by atoms with Crippen molar-refractivity contribution in [2.45, 2.75) is 27.3 Å². The molecule has 2 amide bonds. The highest BCUT2D eigenvalue weighted by atomic mass is 16.3. The number of furan rings is 1. The summed E-state index contributed by atoms with van der Waals surface area (Å²) in [7, 11) is 0. The minimum Gasteiger partial charge on any atom is -0.466 e. The Morgan fingerprint density at radius 1 is 1.10 bits per heavy atom. The number of nitrogens with one attached hydrogen (secondary N) is 2. The number of carbonyl (C=O) groups is 2. The second-order valence-corrected chi connectivity index (χ2v) is 4.94. The van der Waals surface area contributed by atoms with Crippen LogP contribution in [0.25, 0.3) is 0 Å². The molecule has 0 aliphatic heterocycles. The summed E-state index contributed by atoms with van der Waals surface area (Å²) in [4.78, 5) is 23.6. The molecule has 2 aromatic rings. The Kier molecular flexibility index (Phi) is 4.42. The van der Waals surface area contributed by atoms with E-state index in [0.717, 1.165) is 22.6 Å². The maximum Gasteiger partial charge on any atom is 0.313 e. The first-order chi connectivity index (χ1) is 9.95. The first-order valence-corrected chi connectivity index (χ1v) is 6.67. The van der Waals surface area contributed by atoms with E-state index in [4.69, 9.17) is 4.42 Å². The van der Waals surface area contributed by atoms with Crippen molar-refractivity contribution in [3.63, 3.8) is 0 Å². The Bertz CT molecular complexity index is 674. The molecule has 0 radical (unpaired) electrons. The van der Waals surface area contributed by atoms with E-state index >= 15 is 0 Å². The lowest BCUT2D eigenvalue weighted by Crippen LogP contribution is -2.35. The number of hydrogen-bond donors (Lipinski definition) is 2. The van der Waals surface area contributed by atoms with Crippen LogP contribution in [0.3, 0.4) is 0 Å². The molecular formula is C16H18N2O3. The Hall–Kier alpha value is -2.56. The fourth-order valence-corrected chi connectivity index (χ4v) is 2.03. The maximum absolute atomic E-state index is 11.8. The van der Waals surface area contributed by atoms with E-state index in [9.17, 15) is 9.59 Å². The molecule has 0 spiro atoms. The quantitative estimate of drug-likeness (QED) is 0.851. The van der Waals surface area contributed by atoms with Crippen molar-refractivity contribution in [1.29, 1.82) is 0 Å². The van der Waals surface area contributed by atoms with Gasteiger partial charge in [0.05, 0.1) is 0 Å². The fraction of sp³-hybridized carbons (Fsp3) is 0.250. The number of amides is 2. The van der Waals surface area contributed by atoms with E-state index in [2.05, 4.69) is 10.6 Å². The van der Waals surface area contributed by atoms with Gasteiger partial charge < -0.3 is 15.1 Å². The highest BCUT2D eigenvalue weighted by molar-refractivity contribution is 6.39. The molecule has 0 aliphatic carbocycles. The lowest BCUT2D eigenvalue weighted by molar-refractivity contribution is -0.136. The largest absolute Gasteiger partial charge is 0.466 e. The molecular weight excluding hydrogens is 268 g/mol. The molecule has 110 valence electrons. The van der Waals surface area contributed by atoms with E-state index < -0.39 is 11.8 Å². The van der Waals surface area contributed by atoms with Gasteiger partial charge in [-0.1, -0.05) is 12.1 Å². The van der Waals surface area contributed by atoms with Crippen LogP contribution in [0.1, 0.15) is 22.6 Å². The van der Waals surface area contributed by atoms with Crippen LogP contribution >= 0.6 is 0 Å². The van der Waals surface area contributed by atoms with Gasteiger partial charge in [-0.05, 0) is 44.5 Å². The van der Waals surface area contributed by atoms with E-state index in [0.29, 0.717) is 5.69 Å². The summed E-state index contributed by atoms with van der Waals surface area (Å²) in [5.41, 5.74) is 2.48. The highest BCUT2D eigenvalue weighted by Gasteiger charge is 2.14. The van der Waals surface area contributed by atoms with E-state index in [1.54, 1.807) is 12.1 Å². The number of carbonyl (C=O) groups excluding carboxylic acids is 2. The second kappa shape index (κ2) is 6.26. The van der Waals surface area contributed by atoms with Gasteiger partial charge in [0.25, 0.3) is 0 Å². The summed E-state index contributed by atoms with van der Waals surface area (Å²) in [6, 6.07) is 9.12. The molecule has 0 unspecified atom stereocenters. The van der Waals surface area contributed by atoms with E-state index in [-0.39, 0.29) is 6.54 Å². The molecule has 5 heteroatoms. The molecule has 0 saturated heterocycles. The third kappa shape index (κ3) is 3.95. The van der Waals surface area contributed by atoms with Crippen LogP contribution in [0.2, 0.25) is 0 Å². The van der Waals surface area contributed by atoms with Crippen molar-refractivity contribution >= 4 is 17.5 Å². The van der Waals surface area contributed by atoms with Gasteiger partial charge in [-0.3, -0.25) is 9.59 Å². The van der Waals surface area contributed by atoms with Crippen molar-refractivity contribution in [2.24, 2.45) is 0 Å². The number of benzene rings is 1. The van der Waals surface area contributed by atoms with Crippen LogP contribution in [-0.2, 0) is 16.1 Å². The van der Waals surface area contributed by atoms with Gasteiger partial charge in [-0.25, -0.2) is 0 Å². The highest BCUT2D eigenvalue weighted by Crippen LogP contribution is 2.13. The van der Waals surface area contributed by atoms with Crippen LogP contribution in [-0.4, -0.2) is 11.8 Å². The lowest BCUT2D eigenvalue weighted by Gasteiger charge is -2.06. The van der Waals surface area contributed by atoms with Crippen molar-refractivity contribution in [3.8, 4) is 0 Å². The summed E-state index contributed by atoms with van der Waals surface area (Å²) in [6.07, 6.45) is 0. The minimum absolute atomic E-state index is 0.267. The predicted octanol–water partition coefficient (Wildman–Crippen LogP) is 2.46. The van der Waals surface area contributed by atoms with Gasteiger partial charge in [0.1, 0.15) is 11.5 Å². The van der Waals surface area contributed by atoms with E-state index in [1.807, 2.05) is 39.0 Å². The molecule has 0 atom stereocenters. The zero-order valence-corrected chi connectivity index (χ0v) is 12.3. The van der Waals surface area contributed by atoms with Gasteiger partial charge in [0.2, 0.25) is 0 Å². The third-order valence-electron chi connectivity index (χ3n) is 3.07. The normalized spacial score (nSPS) is 10.2. The molecule has 0 aliphatic rings. The van der Waals surface area contributed by atoms with Gasteiger partial charge in [-0.2, -0.15) is 0 Å².